The summed E-state index contributed by atoms with van der Waals surface area (Å²) in [5, 5.41) is 9.52. The first-order valence-electron chi connectivity index (χ1n) is 16.7. The Bertz CT molecular complexity index is 635. The van der Waals surface area contributed by atoms with Crippen molar-refractivity contribution >= 4 is 5.97 Å². The molecule has 0 aliphatic heterocycles. The van der Waals surface area contributed by atoms with Gasteiger partial charge < -0.3 is 14.6 Å². The summed E-state index contributed by atoms with van der Waals surface area (Å²) in [5.74, 6) is -0.221. The molecule has 0 saturated heterocycles. The zero-order valence-corrected chi connectivity index (χ0v) is 26.3. The molecule has 4 heteroatoms. The number of allylic oxidation sites excluding steroid dienone is 8. The van der Waals surface area contributed by atoms with Gasteiger partial charge in [-0.3, -0.25) is 4.79 Å². The molecule has 0 aliphatic carbocycles. The van der Waals surface area contributed by atoms with E-state index in [2.05, 4.69) is 62.5 Å². The minimum Gasteiger partial charge on any atom is -0.457 e. The largest absolute Gasteiger partial charge is 0.457 e. The lowest BCUT2D eigenvalue weighted by molar-refractivity contribution is -0.154. The van der Waals surface area contributed by atoms with Crippen molar-refractivity contribution in [2.45, 2.75) is 155 Å². The smallest absolute Gasteiger partial charge is 0.306 e. The van der Waals surface area contributed by atoms with Gasteiger partial charge in [-0.1, -0.05) is 120 Å². The molecule has 0 aromatic heterocycles. The van der Waals surface area contributed by atoms with Crippen LogP contribution in [0.2, 0.25) is 0 Å². The SMILES string of the molecule is CC/C=C\C/C=C\C/C=C\CCCCCCOCC(CO)OC(=O)CCCCCCC/C=C\CCCCCCC. The number of aliphatic hydroxyl groups excluding tert-OH is 1. The number of aliphatic hydroxyl groups is 1. The normalized spacial score (nSPS) is 13.0. The van der Waals surface area contributed by atoms with E-state index in [0.29, 0.717) is 13.0 Å². The maximum atomic E-state index is 12.1. The van der Waals surface area contributed by atoms with Crippen LogP contribution in [-0.2, 0) is 14.3 Å². The van der Waals surface area contributed by atoms with Crippen LogP contribution in [0.3, 0.4) is 0 Å². The molecule has 0 heterocycles. The van der Waals surface area contributed by atoms with E-state index in [9.17, 15) is 9.90 Å². The molecule has 0 aromatic rings. The molecular formula is C36H64O4. The van der Waals surface area contributed by atoms with Crippen molar-refractivity contribution in [2.24, 2.45) is 0 Å². The van der Waals surface area contributed by atoms with Crippen LogP contribution in [0.15, 0.2) is 48.6 Å². The van der Waals surface area contributed by atoms with Crippen molar-refractivity contribution in [1.82, 2.24) is 0 Å². The number of unbranched alkanes of at least 4 members (excludes halogenated alkanes) is 14. The van der Waals surface area contributed by atoms with Gasteiger partial charge in [0.25, 0.3) is 0 Å². The van der Waals surface area contributed by atoms with Crippen LogP contribution < -0.4 is 0 Å². The van der Waals surface area contributed by atoms with Gasteiger partial charge >= 0.3 is 5.97 Å². The fourth-order valence-corrected chi connectivity index (χ4v) is 4.39. The molecule has 0 aliphatic rings. The second-order valence-corrected chi connectivity index (χ2v) is 10.8. The molecule has 1 atom stereocenters. The van der Waals surface area contributed by atoms with Gasteiger partial charge in [0, 0.05) is 13.0 Å². The molecule has 1 unspecified atom stereocenters. The third-order valence-electron chi connectivity index (χ3n) is 6.89. The first-order chi connectivity index (χ1) is 19.7. The van der Waals surface area contributed by atoms with E-state index >= 15 is 0 Å². The molecule has 1 N–H and O–H groups in total. The molecule has 0 amide bonds. The highest BCUT2D eigenvalue weighted by Crippen LogP contribution is 2.11. The van der Waals surface area contributed by atoms with Crippen molar-refractivity contribution in [3.8, 4) is 0 Å². The number of hydrogen-bond donors (Lipinski definition) is 1. The van der Waals surface area contributed by atoms with Crippen LogP contribution in [0, 0.1) is 0 Å². The predicted octanol–water partition coefficient (Wildman–Crippen LogP) is 10.4. The van der Waals surface area contributed by atoms with Crippen molar-refractivity contribution in [3.05, 3.63) is 48.6 Å². The van der Waals surface area contributed by atoms with Crippen LogP contribution in [-0.4, -0.2) is 37.0 Å². The first kappa shape index (κ1) is 38.4. The van der Waals surface area contributed by atoms with E-state index in [0.717, 1.165) is 57.8 Å². The number of carbonyl (C=O) groups excluding carboxylic acids is 1. The number of hydrogen-bond acceptors (Lipinski definition) is 4. The Morgan fingerprint density at radius 2 is 1.12 bits per heavy atom. The molecule has 232 valence electrons. The van der Waals surface area contributed by atoms with E-state index in [-0.39, 0.29) is 19.2 Å². The molecular weight excluding hydrogens is 496 g/mol. The minimum absolute atomic E-state index is 0.186. The molecule has 0 rings (SSSR count). The van der Waals surface area contributed by atoms with Crippen LogP contribution in [0.5, 0.6) is 0 Å². The fraction of sp³-hybridized carbons (Fsp3) is 0.750. The Hall–Kier alpha value is -1.65. The molecule has 0 aromatic carbocycles. The lowest BCUT2D eigenvalue weighted by Gasteiger charge is -2.15. The highest BCUT2D eigenvalue weighted by Gasteiger charge is 2.13. The van der Waals surface area contributed by atoms with Crippen molar-refractivity contribution < 1.29 is 19.4 Å². The zero-order chi connectivity index (χ0) is 29.2. The average molecular weight is 561 g/mol. The van der Waals surface area contributed by atoms with Gasteiger partial charge in [0.05, 0.1) is 13.2 Å². The number of esters is 1. The van der Waals surface area contributed by atoms with Gasteiger partial charge in [0.1, 0.15) is 6.10 Å². The molecule has 4 nitrogen and oxygen atoms in total. The second kappa shape index (κ2) is 33.6. The Morgan fingerprint density at radius 1 is 0.625 bits per heavy atom. The van der Waals surface area contributed by atoms with Gasteiger partial charge in [0.2, 0.25) is 0 Å². The summed E-state index contributed by atoms with van der Waals surface area (Å²) in [6, 6.07) is 0. The molecule has 0 fully saturated rings. The summed E-state index contributed by atoms with van der Waals surface area (Å²) < 4.78 is 11.1. The summed E-state index contributed by atoms with van der Waals surface area (Å²) in [4.78, 5) is 12.1. The molecule has 0 spiro atoms. The standard InChI is InChI=1S/C36H64O4/c1-3-5-7-9-11-13-15-17-19-21-23-25-27-29-31-36(38)40-35(33-37)34-39-32-30-28-26-24-22-20-18-16-14-12-10-8-6-4-2/h6,8,12,14-15,17-18,20,35,37H,3-5,7,9-11,13,16,19,21-34H2,1-2H3/b8-6-,14-12-,17-15-,20-18-. The summed E-state index contributed by atoms with van der Waals surface area (Å²) in [6.07, 6.45) is 41.4. The summed E-state index contributed by atoms with van der Waals surface area (Å²) in [6.45, 7) is 5.15. The Balaban J connectivity index is 3.52. The van der Waals surface area contributed by atoms with Crippen LogP contribution >= 0.6 is 0 Å². The van der Waals surface area contributed by atoms with Gasteiger partial charge in [-0.2, -0.15) is 0 Å². The average Bonchev–Trinajstić information content (AvgIpc) is 2.96. The van der Waals surface area contributed by atoms with E-state index in [4.69, 9.17) is 9.47 Å². The quantitative estimate of drug-likeness (QED) is 0.0539. The molecule has 0 radical (unpaired) electrons. The predicted molar refractivity (Wildman–Crippen MR) is 173 cm³/mol. The molecule has 0 saturated carbocycles. The maximum Gasteiger partial charge on any atom is 0.306 e. The van der Waals surface area contributed by atoms with E-state index in [1.807, 2.05) is 0 Å². The summed E-state index contributed by atoms with van der Waals surface area (Å²) >= 11 is 0. The third kappa shape index (κ3) is 30.9. The second-order valence-electron chi connectivity index (χ2n) is 10.8. The lowest BCUT2D eigenvalue weighted by Crippen LogP contribution is -2.27. The minimum atomic E-state index is -0.548. The highest BCUT2D eigenvalue weighted by atomic mass is 16.6. The lowest BCUT2D eigenvalue weighted by atomic mass is 10.1. The Labute approximate surface area is 248 Å². The number of rotatable bonds is 30. The maximum absolute atomic E-state index is 12.1. The van der Waals surface area contributed by atoms with Crippen molar-refractivity contribution in [2.75, 3.05) is 19.8 Å². The highest BCUT2D eigenvalue weighted by molar-refractivity contribution is 5.69. The van der Waals surface area contributed by atoms with E-state index < -0.39 is 6.10 Å². The van der Waals surface area contributed by atoms with Gasteiger partial charge in [-0.05, 0) is 70.6 Å². The number of ether oxygens (including phenoxy) is 2. The number of carbonyl (C=O) groups is 1. The zero-order valence-electron chi connectivity index (χ0n) is 26.3. The topological polar surface area (TPSA) is 55.8 Å². The van der Waals surface area contributed by atoms with Crippen LogP contribution in [0.25, 0.3) is 0 Å². The van der Waals surface area contributed by atoms with E-state index in [1.165, 1.54) is 70.6 Å². The van der Waals surface area contributed by atoms with E-state index in [1.54, 1.807) is 0 Å². The molecule has 40 heavy (non-hydrogen) atoms. The Kier molecular flexibility index (Phi) is 32.2. The summed E-state index contributed by atoms with van der Waals surface area (Å²) in [5.41, 5.74) is 0. The monoisotopic (exact) mass is 560 g/mol. The van der Waals surface area contributed by atoms with Crippen LogP contribution in [0.4, 0.5) is 0 Å². The third-order valence-corrected chi connectivity index (χ3v) is 6.89. The first-order valence-corrected chi connectivity index (χ1v) is 16.7. The summed E-state index contributed by atoms with van der Waals surface area (Å²) in [7, 11) is 0. The molecule has 0 bridgehead atoms. The van der Waals surface area contributed by atoms with Crippen molar-refractivity contribution in [3.63, 3.8) is 0 Å². The van der Waals surface area contributed by atoms with Crippen molar-refractivity contribution in [1.29, 1.82) is 0 Å². The van der Waals surface area contributed by atoms with Gasteiger partial charge in [0.15, 0.2) is 0 Å². The van der Waals surface area contributed by atoms with Gasteiger partial charge in [-0.15, -0.1) is 0 Å². The van der Waals surface area contributed by atoms with Crippen LogP contribution in [0.1, 0.15) is 149 Å². The Morgan fingerprint density at radius 3 is 1.73 bits per heavy atom. The fourth-order valence-electron chi connectivity index (χ4n) is 4.39. The van der Waals surface area contributed by atoms with Gasteiger partial charge in [-0.25, -0.2) is 0 Å².